The highest BCUT2D eigenvalue weighted by Crippen LogP contribution is 2.29. The van der Waals surface area contributed by atoms with Gasteiger partial charge >= 0.3 is 0 Å². The molecule has 3 rings (SSSR count). The van der Waals surface area contributed by atoms with E-state index in [0.29, 0.717) is 11.4 Å². The number of sulfone groups is 1. The van der Waals surface area contributed by atoms with Crippen molar-refractivity contribution in [2.75, 3.05) is 0 Å². The summed E-state index contributed by atoms with van der Waals surface area (Å²) in [6.45, 7) is 2.61. The first-order valence-electron chi connectivity index (χ1n) is 8.49. The fraction of sp³-hybridized carbons (Fsp3) is 0.500. The van der Waals surface area contributed by atoms with Crippen molar-refractivity contribution in [1.29, 1.82) is 0 Å². The number of hydrogen-bond acceptors (Lipinski definition) is 4. The predicted molar refractivity (Wildman–Crippen MR) is 94.5 cm³/mol. The Morgan fingerprint density at radius 1 is 1.17 bits per heavy atom. The molecule has 5 nitrogen and oxygen atoms in total. The molecule has 1 aliphatic rings. The summed E-state index contributed by atoms with van der Waals surface area (Å²) in [5, 5.41) is 7.27. The van der Waals surface area contributed by atoms with Crippen molar-refractivity contribution in [3.63, 3.8) is 0 Å². The molecule has 0 aliphatic heterocycles. The van der Waals surface area contributed by atoms with Crippen molar-refractivity contribution >= 4 is 9.84 Å². The average Bonchev–Trinajstić information content (AvgIpc) is 2.99. The van der Waals surface area contributed by atoms with Gasteiger partial charge in [0.05, 0.1) is 15.8 Å². The Bertz CT molecular complexity index is 781. The standard InChI is InChI=1S/C18H25N3O2S/c1-14-7-9-16(10-8-14)24(22,23)18-6-4-3-5-17(18)19-13-15-11-12-20-21(15)2/h7-12,17-19H,3-6,13H2,1-2H3/t17-,18-/m1/s1. The van der Waals surface area contributed by atoms with E-state index in [1.807, 2.05) is 36.9 Å². The zero-order valence-electron chi connectivity index (χ0n) is 14.3. The Morgan fingerprint density at radius 2 is 1.88 bits per heavy atom. The first-order chi connectivity index (χ1) is 11.5. The fourth-order valence-corrected chi connectivity index (χ4v) is 5.42. The van der Waals surface area contributed by atoms with E-state index in [4.69, 9.17) is 0 Å². The molecule has 0 unspecified atom stereocenters. The van der Waals surface area contributed by atoms with Gasteiger partial charge in [-0.15, -0.1) is 0 Å². The van der Waals surface area contributed by atoms with Crippen LogP contribution in [0.25, 0.3) is 0 Å². The van der Waals surface area contributed by atoms with E-state index in [1.165, 1.54) is 0 Å². The van der Waals surface area contributed by atoms with Crippen molar-refractivity contribution in [3.05, 3.63) is 47.8 Å². The summed E-state index contributed by atoms with van der Waals surface area (Å²) in [6, 6.07) is 9.15. The molecule has 1 aromatic carbocycles. The van der Waals surface area contributed by atoms with Crippen molar-refractivity contribution < 1.29 is 8.42 Å². The molecule has 0 amide bonds. The van der Waals surface area contributed by atoms with Gasteiger partial charge in [0.2, 0.25) is 0 Å². The van der Waals surface area contributed by atoms with Crippen molar-refractivity contribution in [1.82, 2.24) is 15.1 Å². The van der Waals surface area contributed by atoms with Gasteiger partial charge < -0.3 is 5.32 Å². The number of rotatable bonds is 5. The Morgan fingerprint density at radius 3 is 2.54 bits per heavy atom. The number of aromatic nitrogens is 2. The number of hydrogen-bond donors (Lipinski definition) is 1. The topological polar surface area (TPSA) is 64.0 Å². The fourth-order valence-electron chi connectivity index (χ4n) is 3.41. The molecular weight excluding hydrogens is 322 g/mol. The SMILES string of the molecule is Cc1ccc(S(=O)(=O)[C@@H]2CCCC[C@H]2NCc2ccnn2C)cc1. The summed E-state index contributed by atoms with van der Waals surface area (Å²) in [5.41, 5.74) is 2.13. The molecule has 0 saturated heterocycles. The molecule has 1 aromatic heterocycles. The molecule has 0 spiro atoms. The lowest BCUT2D eigenvalue weighted by molar-refractivity contribution is 0.366. The average molecular weight is 347 g/mol. The van der Waals surface area contributed by atoms with Crippen molar-refractivity contribution in [2.24, 2.45) is 7.05 Å². The highest BCUT2D eigenvalue weighted by Gasteiger charge is 2.36. The van der Waals surface area contributed by atoms with E-state index in [2.05, 4.69) is 10.4 Å². The number of benzene rings is 1. The summed E-state index contributed by atoms with van der Waals surface area (Å²) in [6.07, 6.45) is 5.42. The van der Waals surface area contributed by atoms with Crippen LogP contribution in [0.1, 0.15) is 36.9 Å². The minimum Gasteiger partial charge on any atom is -0.307 e. The third-order valence-electron chi connectivity index (χ3n) is 4.92. The largest absolute Gasteiger partial charge is 0.307 e. The number of nitrogens with one attached hydrogen (secondary N) is 1. The van der Waals surface area contributed by atoms with Gasteiger partial charge in [-0.1, -0.05) is 30.5 Å². The molecule has 1 aliphatic carbocycles. The second-order valence-electron chi connectivity index (χ2n) is 6.61. The van der Waals surface area contributed by atoms with Crippen LogP contribution in [0.15, 0.2) is 41.4 Å². The predicted octanol–water partition coefficient (Wildman–Crippen LogP) is 2.60. The monoisotopic (exact) mass is 347 g/mol. The third-order valence-corrected chi connectivity index (χ3v) is 7.21. The maximum absolute atomic E-state index is 13.1. The summed E-state index contributed by atoms with van der Waals surface area (Å²) < 4.78 is 28.0. The summed E-state index contributed by atoms with van der Waals surface area (Å²) in [7, 11) is -1.41. The summed E-state index contributed by atoms with van der Waals surface area (Å²) in [5.74, 6) is 0. The maximum atomic E-state index is 13.1. The van der Waals surface area contributed by atoms with E-state index in [-0.39, 0.29) is 11.3 Å². The van der Waals surface area contributed by atoms with Gasteiger partial charge in [0.25, 0.3) is 0 Å². The smallest absolute Gasteiger partial charge is 0.182 e. The lowest BCUT2D eigenvalue weighted by atomic mass is 9.95. The van der Waals surface area contributed by atoms with Gasteiger partial charge in [0.1, 0.15) is 0 Å². The van der Waals surface area contributed by atoms with Crippen LogP contribution in [0.5, 0.6) is 0 Å². The van der Waals surface area contributed by atoms with Crippen LogP contribution in [0.3, 0.4) is 0 Å². The molecule has 130 valence electrons. The summed E-state index contributed by atoms with van der Waals surface area (Å²) >= 11 is 0. The van der Waals surface area contributed by atoms with E-state index < -0.39 is 9.84 Å². The van der Waals surface area contributed by atoms with Crippen LogP contribution in [0.4, 0.5) is 0 Å². The van der Waals surface area contributed by atoms with Crippen molar-refractivity contribution in [3.8, 4) is 0 Å². The van der Waals surface area contributed by atoms with Gasteiger partial charge in [-0.25, -0.2) is 8.42 Å². The van der Waals surface area contributed by atoms with Crippen molar-refractivity contribution in [2.45, 2.75) is 55.3 Å². The molecule has 2 atom stereocenters. The zero-order valence-corrected chi connectivity index (χ0v) is 15.1. The van der Waals surface area contributed by atoms with Gasteiger partial charge in [0.15, 0.2) is 9.84 Å². The first kappa shape index (κ1) is 17.2. The second kappa shape index (κ2) is 7.07. The Hall–Kier alpha value is -1.66. The second-order valence-corrected chi connectivity index (χ2v) is 8.78. The van der Waals surface area contributed by atoms with Crippen LogP contribution in [0, 0.1) is 6.92 Å². The van der Waals surface area contributed by atoms with Gasteiger partial charge in [-0.2, -0.15) is 5.10 Å². The Kier molecular flexibility index (Phi) is 5.06. The highest BCUT2D eigenvalue weighted by atomic mass is 32.2. The van der Waals surface area contributed by atoms with E-state index in [9.17, 15) is 8.42 Å². The molecule has 6 heteroatoms. The molecule has 24 heavy (non-hydrogen) atoms. The van der Waals surface area contributed by atoms with Crippen LogP contribution in [-0.4, -0.2) is 29.5 Å². The molecule has 1 saturated carbocycles. The first-order valence-corrected chi connectivity index (χ1v) is 10.0. The molecule has 0 radical (unpaired) electrons. The molecule has 2 aromatic rings. The van der Waals surface area contributed by atoms with E-state index in [1.54, 1.807) is 18.3 Å². The molecular formula is C18H25N3O2S. The molecule has 0 bridgehead atoms. The normalized spacial score (nSPS) is 21.8. The molecule has 1 N–H and O–H groups in total. The van der Waals surface area contributed by atoms with Crippen LogP contribution < -0.4 is 5.32 Å². The van der Waals surface area contributed by atoms with E-state index >= 15 is 0 Å². The Labute approximate surface area is 144 Å². The molecule has 1 heterocycles. The van der Waals surface area contributed by atoms with Gasteiger partial charge in [-0.3, -0.25) is 4.68 Å². The van der Waals surface area contributed by atoms with Crippen LogP contribution in [0.2, 0.25) is 0 Å². The van der Waals surface area contributed by atoms with Gasteiger partial charge in [-0.05, 0) is 38.0 Å². The van der Waals surface area contributed by atoms with Gasteiger partial charge in [0, 0.05) is 25.8 Å². The quantitative estimate of drug-likeness (QED) is 0.903. The lowest BCUT2D eigenvalue weighted by Crippen LogP contribution is -2.46. The van der Waals surface area contributed by atoms with E-state index in [0.717, 1.165) is 36.9 Å². The number of aryl methyl sites for hydroxylation is 2. The Balaban J connectivity index is 1.78. The zero-order chi connectivity index (χ0) is 17.2. The lowest BCUT2D eigenvalue weighted by Gasteiger charge is -2.32. The van der Waals surface area contributed by atoms with Crippen LogP contribution in [-0.2, 0) is 23.4 Å². The van der Waals surface area contributed by atoms with Crippen LogP contribution >= 0.6 is 0 Å². The minimum absolute atomic E-state index is 0.0139. The minimum atomic E-state index is -3.31. The third kappa shape index (κ3) is 3.54. The maximum Gasteiger partial charge on any atom is 0.182 e. The highest BCUT2D eigenvalue weighted by molar-refractivity contribution is 7.92. The number of nitrogens with zero attached hydrogens (tertiary/aromatic N) is 2. The molecule has 1 fully saturated rings. The summed E-state index contributed by atoms with van der Waals surface area (Å²) in [4.78, 5) is 0.437.